The van der Waals surface area contributed by atoms with Crippen molar-refractivity contribution in [1.82, 2.24) is 20.1 Å². The number of alkyl halides is 6. The summed E-state index contributed by atoms with van der Waals surface area (Å²) in [4.78, 5) is 40.0. The summed E-state index contributed by atoms with van der Waals surface area (Å²) in [5.74, 6) is -5.45. The molecule has 1 unspecified atom stereocenters. The Balaban J connectivity index is 0.000000317. The zero-order valence-corrected chi connectivity index (χ0v) is 23.3. The first kappa shape index (κ1) is 34.7. The molecule has 3 saturated heterocycles. The molecule has 0 bridgehead atoms. The van der Waals surface area contributed by atoms with E-state index < -0.39 is 24.3 Å². The third-order valence-electron chi connectivity index (χ3n) is 8.05. The van der Waals surface area contributed by atoms with Crippen molar-refractivity contribution in [3.05, 3.63) is 65.7 Å². The fourth-order valence-corrected chi connectivity index (χ4v) is 6.00. The molecule has 0 saturated carbocycles. The number of hydrogen-bond acceptors (Lipinski definition) is 6. The summed E-state index contributed by atoms with van der Waals surface area (Å²) < 4.78 is 76.7. The summed E-state index contributed by atoms with van der Waals surface area (Å²) in [6.07, 6.45) is -3.43. The molecule has 5 rings (SSSR count). The van der Waals surface area contributed by atoms with E-state index in [0.717, 1.165) is 70.6 Å². The van der Waals surface area contributed by atoms with Crippen LogP contribution in [0.15, 0.2) is 48.8 Å². The predicted molar refractivity (Wildman–Crippen MR) is 140 cm³/mol. The number of rotatable bonds is 4. The van der Waals surface area contributed by atoms with Gasteiger partial charge in [-0.1, -0.05) is 18.2 Å². The van der Waals surface area contributed by atoms with Crippen molar-refractivity contribution in [2.24, 2.45) is 10.8 Å². The number of nitrogens with zero attached hydrogens (tertiary/aromatic N) is 3. The van der Waals surface area contributed by atoms with Gasteiger partial charge in [-0.05, 0) is 61.7 Å². The number of halogens is 7. The molecule has 3 aliphatic heterocycles. The molecular formula is C28H31F7N4O5. The fourth-order valence-electron chi connectivity index (χ4n) is 6.00. The van der Waals surface area contributed by atoms with Crippen molar-refractivity contribution >= 4 is 17.8 Å². The lowest BCUT2D eigenvalue weighted by Crippen LogP contribution is -2.52. The van der Waals surface area contributed by atoms with Gasteiger partial charge in [0.15, 0.2) is 0 Å². The topological polar surface area (TPSA) is 123 Å². The zero-order valence-electron chi connectivity index (χ0n) is 23.3. The zero-order chi connectivity index (χ0) is 32.8. The first-order valence-corrected chi connectivity index (χ1v) is 13.4. The quantitative estimate of drug-likeness (QED) is 0.429. The lowest BCUT2D eigenvalue weighted by atomic mass is 9.60. The fraction of sp³-hybridized carbons (Fsp3) is 0.500. The van der Waals surface area contributed by atoms with Crippen LogP contribution in [0.25, 0.3) is 0 Å². The number of pyridine rings is 1. The molecule has 9 nitrogen and oxygen atoms in total. The molecule has 3 aliphatic rings. The number of nitrogens with one attached hydrogen (secondary N) is 1. The van der Waals surface area contributed by atoms with E-state index in [1.807, 2.05) is 24.4 Å². The highest BCUT2D eigenvalue weighted by Crippen LogP contribution is 2.56. The highest BCUT2D eigenvalue weighted by molar-refractivity contribution is 5.86. The van der Waals surface area contributed by atoms with Gasteiger partial charge in [0.05, 0.1) is 5.41 Å². The van der Waals surface area contributed by atoms with Gasteiger partial charge in [-0.25, -0.2) is 14.0 Å². The molecule has 44 heavy (non-hydrogen) atoms. The number of likely N-dealkylation sites (tertiary alicyclic amines) is 2. The van der Waals surface area contributed by atoms with Gasteiger partial charge in [-0.3, -0.25) is 19.6 Å². The van der Waals surface area contributed by atoms with Crippen LogP contribution < -0.4 is 5.32 Å². The number of hydrogen-bond donors (Lipinski definition) is 3. The molecule has 1 aromatic carbocycles. The Bertz CT molecular complexity index is 1260. The normalized spacial score (nSPS) is 21.7. The minimum Gasteiger partial charge on any atom is -0.475 e. The Morgan fingerprint density at radius 2 is 1.39 bits per heavy atom. The van der Waals surface area contributed by atoms with Crippen LogP contribution >= 0.6 is 0 Å². The van der Waals surface area contributed by atoms with Crippen LogP contribution in [0, 0.1) is 16.6 Å². The number of fused-ring (bicyclic) bond motifs is 1. The Kier molecular flexibility index (Phi) is 10.9. The molecule has 3 fully saturated rings. The smallest absolute Gasteiger partial charge is 0.475 e. The summed E-state index contributed by atoms with van der Waals surface area (Å²) in [7, 11) is 0. The Labute approximate surface area is 247 Å². The third kappa shape index (κ3) is 8.65. The van der Waals surface area contributed by atoms with Crippen molar-refractivity contribution in [2.75, 3.05) is 32.7 Å². The summed E-state index contributed by atoms with van der Waals surface area (Å²) >= 11 is 0. The molecule has 16 heteroatoms. The van der Waals surface area contributed by atoms with E-state index in [4.69, 9.17) is 19.8 Å². The Morgan fingerprint density at radius 3 is 1.84 bits per heavy atom. The molecule has 1 aromatic heterocycles. The number of carboxylic acid groups (broad SMARTS) is 2. The van der Waals surface area contributed by atoms with Crippen LogP contribution in [0.2, 0.25) is 0 Å². The first-order chi connectivity index (χ1) is 20.5. The van der Waals surface area contributed by atoms with Gasteiger partial charge in [0, 0.05) is 50.5 Å². The average Bonchev–Trinajstić information content (AvgIpc) is 3.46. The molecule has 0 radical (unpaired) electrons. The maximum absolute atomic E-state index is 13.2. The van der Waals surface area contributed by atoms with Crippen LogP contribution in [0.3, 0.4) is 0 Å². The second kappa shape index (κ2) is 13.9. The standard InChI is InChI=1S/C24H29FN4O.2C2HF3O2/c25-21-5-3-19(4-6-21)15-28-12-8-23(9-13-28)17-29(16-20-2-1-10-26-14-20)18-24(23)7-11-27-22(24)30;2*3-2(4,5)1(6)7/h1-6,10,14H,7-9,11-13,15-18H2,(H,27,30);2*(H,6,7). The lowest BCUT2D eigenvalue weighted by molar-refractivity contribution is -0.193. The summed E-state index contributed by atoms with van der Waals surface area (Å²) in [6, 6.07) is 10.9. The van der Waals surface area contributed by atoms with Crippen LogP contribution in [-0.4, -0.2) is 87.9 Å². The van der Waals surface area contributed by atoms with Gasteiger partial charge >= 0.3 is 24.3 Å². The van der Waals surface area contributed by atoms with Crippen molar-refractivity contribution in [1.29, 1.82) is 0 Å². The third-order valence-corrected chi connectivity index (χ3v) is 8.05. The average molecular weight is 637 g/mol. The predicted octanol–water partition coefficient (Wildman–Crippen LogP) is 4.09. The maximum atomic E-state index is 13.2. The van der Waals surface area contributed by atoms with E-state index in [1.165, 1.54) is 17.7 Å². The van der Waals surface area contributed by atoms with E-state index in [2.05, 4.69) is 26.2 Å². The SMILES string of the molecule is O=C(O)C(F)(F)F.O=C(O)C(F)(F)F.O=C1NCCC12CN(Cc1cccnc1)CC21CCN(Cc2ccc(F)cc2)CC1. The number of aromatic nitrogens is 1. The van der Waals surface area contributed by atoms with Gasteiger partial charge in [0.25, 0.3) is 0 Å². The van der Waals surface area contributed by atoms with E-state index >= 15 is 0 Å². The molecule has 0 aliphatic carbocycles. The second-order valence-electron chi connectivity index (χ2n) is 10.9. The number of amides is 1. The van der Waals surface area contributed by atoms with E-state index in [0.29, 0.717) is 0 Å². The number of piperidine rings is 1. The number of benzene rings is 1. The minimum atomic E-state index is -5.08. The van der Waals surface area contributed by atoms with Gasteiger partial charge in [0.1, 0.15) is 5.82 Å². The molecule has 1 amide bonds. The summed E-state index contributed by atoms with van der Waals surface area (Å²) in [6.45, 7) is 6.26. The van der Waals surface area contributed by atoms with E-state index in [9.17, 15) is 35.5 Å². The number of carboxylic acids is 2. The molecule has 3 N–H and O–H groups in total. The summed E-state index contributed by atoms with van der Waals surface area (Å²) in [5, 5.41) is 17.4. The monoisotopic (exact) mass is 636 g/mol. The van der Waals surface area contributed by atoms with Crippen molar-refractivity contribution in [3.8, 4) is 0 Å². The lowest BCUT2D eigenvalue weighted by Gasteiger charge is -2.46. The van der Waals surface area contributed by atoms with Crippen LogP contribution in [0.1, 0.15) is 30.4 Å². The van der Waals surface area contributed by atoms with E-state index in [-0.39, 0.29) is 22.6 Å². The Morgan fingerprint density at radius 1 is 0.841 bits per heavy atom. The van der Waals surface area contributed by atoms with Crippen molar-refractivity contribution in [2.45, 2.75) is 44.7 Å². The molecule has 242 valence electrons. The Hall–Kier alpha value is -3.79. The second-order valence-corrected chi connectivity index (χ2v) is 10.9. The highest BCUT2D eigenvalue weighted by Gasteiger charge is 2.63. The maximum Gasteiger partial charge on any atom is 0.490 e. The van der Waals surface area contributed by atoms with Crippen molar-refractivity contribution in [3.63, 3.8) is 0 Å². The largest absolute Gasteiger partial charge is 0.490 e. The van der Waals surface area contributed by atoms with Gasteiger partial charge in [-0.2, -0.15) is 26.3 Å². The van der Waals surface area contributed by atoms with Gasteiger partial charge in [-0.15, -0.1) is 0 Å². The van der Waals surface area contributed by atoms with Gasteiger partial charge < -0.3 is 15.5 Å². The number of carbonyl (C=O) groups excluding carboxylic acids is 1. The first-order valence-electron chi connectivity index (χ1n) is 13.4. The number of carbonyl (C=O) groups is 3. The molecule has 4 heterocycles. The van der Waals surface area contributed by atoms with Crippen LogP contribution in [0.5, 0.6) is 0 Å². The van der Waals surface area contributed by atoms with Crippen LogP contribution in [-0.2, 0) is 27.5 Å². The molecular weight excluding hydrogens is 605 g/mol. The summed E-state index contributed by atoms with van der Waals surface area (Å²) in [5.41, 5.74) is 2.12. The van der Waals surface area contributed by atoms with Crippen molar-refractivity contribution < 1.29 is 55.3 Å². The van der Waals surface area contributed by atoms with E-state index in [1.54, 1.807) is 6.20 Å². The molecule has 2 spiro atoms. The number of aliphatic carboxylic acids is 2. The molecule has 2 aromatic rings. The molecule has 1 atom stereocenters. The minimum absolute atomic E-state index is 0.0368. The van der Waals surface area contributed by atoms with Crippen LogP contribution in [0.4, 0.5) is 30.7 Å². The van der Waals surface area contributed by atoms with Gasteiger partial charge in [0.2, 0.25) is 5.91 Å². The highest BCUT2D eigenvalue weighted by atomic mass is 19.4.